The van der Waals surface area contributed by atoms with Crippen LogP contribution < -0.4 is 0 Å². The summed E-state index contributed by atoms with van der Waals surface area (Å²) in [7, 11) is 0. The molecule has 19 heavy (non-hydrogen) atoms. The first-order valence-corrected chi connectivity index (χ1v) is 7.83. The van der Waals surface area contributed by atoms with Crippen molar-refractivity contribution in [2.75, 3.05) is 5.75 Å². The van der Waals surface area contributed by atoms with Crippen LogP contribution in [0.25, 0.3) is 5.69 Å². The van der Waals surface area contributed by atoms with E-state index in [1.807, 2.05) is 6.07 Å². The van der Waals surface area contributed by atoms with E-state index in [4.69, 9.17) is 0 Å². The quantitative estimate of drug-likeness (QED) is 0.747. The first-order chi connectivity index (χ1) is 9.22. The number of hydrogen-bond acceptors (Lipinski definition) is 3. The van der Waals surface area contributed by atoms with E-state index in [2.05, 4.69) is 59.8 Å². The van der Waals surface area contributed by atoms with Crippen LogP contribution in [0, 0.1) is 5.92 Å². The van der Waals surface area contributed by atoms with Crippen molar-refractivity contribution in [1.82, 2.24) is 14.8 Å². The highest BCUT2D eigenvalue weighted by Crippen LogP contribution is 2.23. The molecule has 2 rings (SSSR count). The van der Waals surface area contributed by atoms with Gasteiger partial charge in [-0.3, -0.25) is 4.57 Å². The Hall–Kier alpha value is -1.29. The Morgan fingerprint density at radius 1 is 1.16 bits per heavy atom. The first-order valence-electron chi connectivity index (χ1n) is 6.85. The van der Waals surface area contributed by atoms with Crippen molar-refractivity contribution >= 4 is 11.8 Å². The summed E-state index contributed by atoms with van der Waals surface area (Å²) in [5.74, 6) is 2.84. The number of thioether (sulfide) groups is 1. The van der Waals surface area contributed by atoms with E-state index in [0.29, 0.717) is 0 Å². The van der Waals surface area contributed by atoms with Gasteiger partial charge in [0.25, 0.3) is 0 Å². The van der Waals surface area contributed by atoms with Gasteiger partial charge in [0.1, 0.15) is 5.82 Å². The lowest BCUT2D eigenvalue weighted by Gasteiger charge is -2.09. The zero-order chi connectivity index (χ0) is 13.7. The molecular weight excluding hydrogens is 254 g/mol. The number of benzene rings is 1. The fourth-order valence-electron chi connectivity index (χ4n) is 1.85. The molecule has 0 atom stereocenters. The molecule has 0 radical (unpaired) electrons. The summed E-state index contributed by atoms with van der Waals surface area (Å²) in [6.45, 7) is 6.62. The minimum absolute atomic E-state index is 0.728. The summed E-state index contributed by atoms with van der Waals surface area (Å²) >= 11 is 1.80. The largest absolute Gasteiger partial charge is 0.274 e. The Balaban J connectivity index is 2.22. The second kappa shape index (κ2) is 6.75. The van der Waals surface area contributed by atoms with E-state index in [1.165, 1.54) is 6.42 Å². The number of hydrogen-bond donors (Lipinski definition) is 0. The zero-order valence-electron chi connectivity index (χ0n) is 11.8. The summed E-state index contributed by atoms with van der Waals surface area (Å²) in [5, 5.41) is 9.64. The van der Waals surface area contributed by atoms with Gasteiger partial charge in [0, 0.05) is 17.9 Å². The summed E-state index contributed by atoms with van der Waals surface area (Å²) in [6, 6.07) is 10.4. The molecule has 0 N–H and O–H groups in total. The molecule has 102 valence electrons. The van der Waals surface area contributed by atoms with Gasteiger partial charge in [-0.05, 0) is 24.5 Å². The third-order valence-corrected chi connectivity index (χ3v) is 3.92. The molecule has 1 aromatic carbocycles. The van der Waals surface area contributed by atoms with Crippen LogP contribution in [0.1, 0.15) is 33.0 Å². The van der Waals surface area contributed by atoms with Crippen LogP contribution in [0.2, 0.25) is 0 Å². The van der Waals surface area contributed by atoms with Crippen molar-refractivity contribution in [2.45, 2.75) is 38.8 Å². The van der Waals surface area contributed by atoms with E-state index >= 15 is 0 Å². The van der Waals surface area contributed by atoms with Crippen LogP contribution >= 0.6 is 11.8 Å². The monoisotopic (exact) mass is 275 g/mol. The summed E-state index contributed by atoms with van der Waals surface area (Å²) in [4.78, 5) is 0. The van der Waals surface area contributed by atoms with Crippen LogP contribution in [0.15, 0.2) is 35.5 Å². The van der Waals surface area contributed by atoms with Crippen LogP contribution in [-0.2, 0) is 6.42 Å². The molecule has 0 aliphatic rings. The number of aryl methyl sites for hydroxylation is 1. The lowest BCUT2D eigenvalue weighted by Crippen LogP contribution is -2.02. The number of rotatable bonds is 6. The molecule has 0 spiro atoms. The zero-order valence-corrected chi connectivity index (χ0v) is 12.7. The molecule has 0 amide bonds. The van der Waals surface area contributed by atoms with Gasteiger partial charge >= 0.3 is 0 Å². The molecule has 1 aromatic heterocycles. The minimum Gasteiger partial charge on any atom is -0.274 e. The molecule has 0 fully saturated rings. The summed E-state index contributed by atoms with van der Waals surface area (Å²) in [6.07, 6.45) is 2.10. The topological polar surface area (TPSA) is 30.7 Å². The van der Waals surface area contributed by atoms with Crippen molar-refractivity contribution in [3.05, 3.63) is 36.2 Å². The maximum absolute atomic E-state index is 4.34. The summed E-state index contributed by atoms with van der Waals surface area (Å²) in [5.41, 5.74) is 1.15. The van der Waals surface area contributed by atoms with Gasteiger partial charge < -0.3 is 0 Å². The fourth-order valence-corrected chi connectivity index (χ4v) is 3.06. The average molecular weight is 275 g/mol. The van der Waals surface area contributed by atoms with Gasteiger partial charge in [-0.1, -0.05) is 50.7 Å². The van der Waals surface area contributed by atoms with Crippen LogP contribution in [0.3, 0.4) is 0 Å². The highest BCUT2D eigenvalue weighted by atomic mass is 32.2. The standard InChI is InChI=1S/C15H21N3S/c1-4-14-16-17-15(19-11-10-12(2)3)18(14)13-8-6-5-7-9-13/h5-9,12H,4,10-11H2,1-3H3. The molecule has 0 bridgehead atoms. The molecule has 0 aliphatic carbocycles. The molecule has 0 aliphatic heterocycles. The predicted molar refractivity (Wildman–Crippen MR) is 80.9 cm³/mol. The molecule has 4 heteroatoms. The second-order valence-corrected chi connectivity index (χ2v) is 6.02. The lowest BCUT2D eigenvalue weighted by molar-refractivity contribution is 0.631. The van der Waals surface area contributed by atoms with E-state index in [0.717, 1.165) is 34.8 Å². The molecule has 0 saturated heterocycles. The molecule has 0 saturated carbocycles. The van der Waals surface area contributed by atoms with E-state index in [-0.39, 0.29) is 0 Å². The van der Waals surface area contributed by atoms with Gasteiger partial charge in [-0.2, -0.15) is 0 Å². The van der Waals surface area contributed by atoms with Gasteiger partial charge in [-0.25, -0.2) is 0 Å². The van der Waals surface area contributed by atoms with E-state index < -0.39 is 0 Å². The molecular formula is C15H21N3S. The number of para-hydroxylation sites is 1. The highest BCUT2D eigenvalue weighted by Gasteiger charge is 2.12. The van der Waals surface area contributed by atoms with Gasteiger partial charge in [-0.15, -0.1) is 10.2 Å². The molecule has 1 heterocycles. The average Bonchev–Trinajstić information content (AvgIpc) is 2.82. The van der Waals surface area contributed by atoms with Gasteiger partial charge in [0.15, 0.2) is 5.16 Å². The Morgan fingerprint density at radius 3 is 2.53 bits per heavy atom. The van der Waals surface area contributed by atoms with Gasteiger partial charge in [0.2, 0.25) is 0 Å². The normalized spacial score (nSPS) is 11.2. The Morgan fingerprint density at radius 2 is 1.89 bits per heavy atom. The predicted octanol–water partition coefficient (Wildman–Crippen LogP) is 3.97. The molecule has 2 aromatic rings. The third kappa shape index (κ3) is 3.60. The first kappa shape index (κ1) is 14.1. The maximum atomic E-state index is 4.34. The van der Waals surface area contributed by atoms with Crippen LogP contribution in [0.5, 0.6) is 0 Å². The smallest absolute Gasteiger partial charge is 0.195 e. The minimum atomic E-state index is 0.728. The Bertz CT molecular complexity index is 505. The van der Waals surface area contributed by atoms with E-state index in [1.54, 1.807) is 11.8 Å². The molecule has 3 nitrogen and oxygen atoms in total. The van der Waals surface area contributed by atoms with Crippen LogP contribution in [0.4, 0.5) is 0 Å². The van der Waals surface area contributed by atoms with E-state index in [9.17, 15) is 0 Å². The third-order valence-electron chi connectivity index (χ3n) is 2.96. The Kier molecular flexibility index (Phi) is 5.02. The van der Waals surface area contributed by atoms with Crippen molar-refractivity contribution in [1.29, 1.82) is 0 Å². The Labute approximate surface area is 119 Å². The fraction of sp³-hybridized carbons (Fsp3) is 0.467. The van der Waals surface area contributed by atoms with Gasteiger partial charge in [0.05, 0.1) is 0 Å². The van der Waals surface area contributed by atoms with Crippen molar-refractivity contribution in [3.8, 4) is 5.69 Å². The SMILES string of the molecule is CCc1nnc(SCCC(C)C)n1-c1ccccc1. The lowest BCUT2D eigenvalue weighted by atomic mass is 10.2. The number of nitrogens with zero attached hydrogens (tertiary/aromatic N) is 3. The molecule has 0 unspecified atom stereocenters. The summed E-state index contributed by atoms with van der Waals surface area (Å²) < 4.78 is 2.17. The van der Waals surface area contributed by atoms with Crippen molar-refractivity contribution in [2.24, 2.45) is 5.92 Å². The maximum Gasteiger partial charge on any atom is 0.195 e. The van der Waals surface area contributed by atoms with Crippen molar-refractivity contribution in [3.63, 3.8) is 0 Å². The highest BCUT2D eigenvalue weighted by molar-refractivity contribution is 7.99. The van der Waals surface area contributed by atoms with Crippen molar-refractivity contribution < 1.29 is 0 Å². The van der Waals surface area contributed by atoms with Crippen LogP contribution in [-0.4, -0.2) is 20.5 Å². The number of aromatic nitrogens is 3. The second-order valence-electron chi connectivity index (χ2n) is 4.95.